The molecule has 6 heteroatoms. The summed E-state index contributed by atoms with van der Waals surface area (Å²) in [5.74, 6) is 0.488. The van der Waals surface area contributed by atoms with Crippen LogP contribution in [0.4, 0.5) is 0 Å². The van der Waals surface area contributed by atoms with E-state index in [0.29, 0.717) is 6.42 Å². The SMILES string of the molecule is CCCCCCCCCCCCCCC(O)C(O)C(N)C(O)=C=O.O. The summed E-state index contributed by atoms with van der Waals surface area (Å²) in [4.78, 5) is 10.3. The Morgan fingerprint density at radius 2 is 1.28 bits per heavy atom. The van der Waals surface area contributed by atoms with Crippen molar-refractivity contribution in [3.63, 3.8) is 0 Å². The molecule has 0 heterocycles. The van der Waals surface area contributed by atoms with Gasteiger partial charge >= 0.3 is 0 Å². The standard InChI is InChI=1S/C19H37NO4.H2O/c1-2-3-4-5-6-7-8-9-10-11-12-13-14-16(22)19(24)18(20)17(23)15-21;/h16,18-19,22-24H,2-14,20H2,1H3;1H2. The summed E-state index contributed by atoms with van der Waals surface area (Å²) < 4.78 is 0. The third-order valence-electron chi connectivity index (χ3n) is 4.54. The molecule has 0 radical (unpaired) electrons. The van der Waals surface area contributed by atoms with Crippen molar-refractivity contribution >= 4 is 5.94 Å². The molecule has 0 aromatic heterocycles. The number of rotatable bonds is 16. The van der Waals surface area contributed by atoms with Crippen LogP contribution in [0.2, 0.25) is 0 Å². The highest BCUT2D eigenvalue weighted by molar-refractivity contribution is 5.51. The van der Waals surface area contributed by atoms with Gasteiger partial charge in [-0.3, -0.25) is 0 Å². The lowest BCUT2D eigenvalue weighted by Crippen LogP contribution is -2.44. The Labute approximate surface area is 152 Å². The molecule has 0 amide bonds. The van der Waals surface area contributed by atoms with Crippen molar-refractivity contribution in [3.05, 3.63) is 5.76 Å². The van der Waals surface area contributed by atoms with Gasteiger partial charge in [0.15, 0.2) is 11.7 Å². The molecule has 0 aliphatic carbocycles. The van der Waals surface area contributed by atoms with Crippen LogP contribution in [0.5, 0.6) is 0 Å². The Morgan fingerprint density at radius 1 is 0.880 bits per heavy atom. The molecular weight excluding hydrogens is 322 g/mol. The molecule has 0 rings (SSSR count). The van der Waals surface area contributed by atoms with Crippen LogP contribution in [-0.4, -0.2) is 45.0 Å². The fourth-order valence-electron chi connectivity index (χ4n) is 2.83. The minimum absolute atomic E-state index is 0. The topological polar surface area (TPSA) is 135 Å². The number of hydrogen-bond donors (Lipinski definition) is 4. The van der Waals surface area contributed by atoms with Crippen molar-refractivity contribution < 1.29 is 25.6 Å². The van der Waals surface area contributed by atoms with Gasteiger partial charge in [-0.05, 0) is 6.42 Å². The average Bonchev–Trinajstić information content (AvgIpc) is 2.60. The molecule has 0 spiro atoms. The van der Waals surface area contributed by atoms with Crippen molar-refractivity contribution in [1.82, 2.24) is 0 Å². The van der Waals surface area contributed by atoms with E-state index in [4.69, 9.17) is 10.8 Å². The van der Waals surface area contributed by atoms with Gasteiger partial charge in [-0.2, -0.15) is 0 Å². The first-order valence-electron chi connectivity index (χ1n) is 9.60. The van der Waals surface area contributed by atoms with Gasteiger partial charge in [0, 0.05) is 0 Å². The second-order valence-corrected chi connectivity index (χ2v) is 6.75. The monoisotopic (exact) mass is 361 g/mol. The highest BCUT2D eigenvalue weighted by Gasteiger charge is 2.26. The number of aliphatic hydroxyl groups is 3. The van der Waals surface area contributed by atoms with E-state index in [9.17, 15) is 15.0 Å². The number of hydrogen-bond acceptors (Lipinski definition) is 5. The van der Waals surface area contributed by atoms with Crippen LogP contribution in [0.15, 0.2) is 5.76 Å². The first-order valence-corrected chi connectivity index (χ1v) is 9.60. The van der Waals surface area contributed by atoms with Crippen molar-refractivity contribution in [2.75, 3.05) is 0 Å². The maximum atomic E-state index is 10.3. The highest BCUT2D eigenvalue weighted by atomic mass is 16.3. The summed E-state index contributed by atoms with van der Waals surface area (Å²) in [7, 11) is 0. The van der Waals surface area contributed by atoms with Crippen molar-refractivity contribution in [2.45, 2.75) is 109 Å². The van der Waals surface area contributed by atoms with Crippen LogP contribution in [0, 0.1) is 0 Å². The van der Waals surface area contributed by atoms with Crippen molar-refractivity contribution in [2.24, 2.45) is 5.73 Å². The van der Waals surface area contributed by atoms with Crippen LogP contribution >= 0.6 is 0 Å². The van der Waals surface area contributed by atoms with E-state index >= 15 is 0 Å². The second kappa shape index (κ2) is 17.9. The van der Waals surface area contributed by atoms with Gasteiger partial charge in [-0.1, -0.05) is 84.0 Å². The highest BCUT2D eigenvalue weighted by Crippen LogP contribution is 2.14. The largest absolute Gasteiger partial charge is 0.501 e. The fraction of sp³-hybridized carbons (Fsp3) is 0.895. The van der Waals surface area contributed by atoms with Gasteiger partial charge in [0.05, 0.1) is 6.10 Å². The lowest BCUT2D eigenvalue weighted by atomic mass is 9.99. The number of carbonyl (C=O) groups excluding carboxylic acids is 1. The van der Waals surface area contributed by atoms with Crippen LogP contribution in [-0.2, 0) is 4.79 Å². The average molecular weight is 362 g/mol. The Morgan fingerprint density at radius 3 is 1.68 bits per heavy atom. The molecule has 7 N–H and O–H groups in total. The summed E-state index contributed by atoms with van der Waals surface area (Å²) >= 11 is 0. The van der Waals surface area contributed by atoms with Crippen LogP contribution in [0.25, 0.3) is 0 Å². The predicted octanol–water partition coefficient (Wildman–Crippen LogP) is 2.58. The van der Waals surface area contributed by atoms with E-state index in [1.165, 1.54) is 63.7 Å². The molecule has 150 valence electrons. The second-order valence-electron chi connectivity index (χ2n) is 6.75. The maximum absolute atomic E-state index is 10.3. The van der Waals surface area contributed by atoms with E-state index in [-0.39, 0.29) is 5.48 Å². The molecule has 0 aromatic carbocycles. The van der Waals surface area contributed by atoms with Crippen molar-refractivity contribution in [1.29, 1.82) is 0 Å². The summed E-state index contributed by atoms with van der Waals surface area (Å²) in [5, 5.41) is 28.7. The maximum Gasteiger partial charge on any atom is 0.196 e. The van der Waals surface area contributed by atoms with Gasteiger partial charge in [-0.25, -0.2) is 4.79 Å². The minimum Gasteiger partial charge on any atom is -0.501 e. The summed E-state index contributed by atoms with van der Waals surface area (Å²) in [6, 6.07) is -1.27. The van der Waals surface area contributed by atoms with E-state index < -0.39 is 24.0 Å². The molecule has 0 bridgehead atoms. The molecule has 0 aliphatic heterocycles. The third-order valence-corrected chi connectivity index (χ3v) is 4.54. The van der Waals surface area contributed by atoms with E-state index in [1.807, 2.05) is 0 Å². The van der Waals surface area contributed by atoms with E-state index in [2.05, 4.69) is 6.92 Å². The molecule has 6 nitrogen and oxygen atoms in total. The smallest absolute Gasteiger partial charge is 0.196 e. The quantitative estimate of drug-likeness (QED) is 0.190. The number of unbranched alkanes of at least 4 members (excludes halogenated alkanes) is 11. The van der Waals surface area contributed by atoms with Crippen LogP contribution < -0.4 is 5.73 Å². The van der Waals surface area contributed by atoms with Gasteiger partial charge in [-0.15, -0.1) is 0 Å². The molecule has 25 heavy (non-hydrogen) atoms. The Kier molecular flexibility index (Phi) is 18.8. The normalized spacial score (nSPS) is 14.2. The third kappa shape index (κ3) is 14.0. The molecule has 0 fully saturated rings. The molecule has 3 atom stereocenters. The Balaban J connectivity index is 0. The van der Waals surface area contributed by atoms with Crippen LogP contribution in [0.1, 0.15) is 90.4 Å². The minimum atomic E-state index is -1.33. The molecule has 3 unspecified atom stereocenters. The van der Waals surface area contributed by atoms with Gasteiger partial charge in [0.2, 0.25) is 0 Å². The lowest BCUT2D eigenvalue weighted by molar-refractivity contribution is -0.00127. The number of nitrogens with two attached hydrogens (primary N) is 1. The van der Waals surface area contributed by atoms with E-state index in [0.717, 1.165) is 19.3 Å². The Bertz CT molecular complexity index is 345. The lowest BCUT2D eigenvalue weighted by Gasteiger charge is -2.22. The zero-order valence-corrected chi connectivity index (χ0v) is 15.8. The molecular formula is C19H39NO5. The first kappa shape index (κ1) is 26.3. The summed E-state index contributed by atoms with van der Waals surface area (Å²) in [6.07, 6.45) is 12.8. The molecule has 0 saturated heterocycles. The summed E-state index contributed by atoms with van der Waals surface area (Å²) in [6.45, 7) is 2.24. The van der Waals surface area contributed by atoms with E-state index in [1.54, 1.807) is 0 Å². The van der Waals surface area contributed by atoms with Gasteiger partial charge < -0.3 is 26.5 Å². The van der Waals surface area contributed by atoms with Crippen LogP contribution in [0.3, 0.4) is 0 Å². The van der Waals surface area contributed by atoms with Crippen molar-refractivity contribution in [3.8, 4) is 0 Å². The fourth-order valence-corrected chi connectivity index (χ4v) is 2.83. The van der Waals surface area contributed by atoms with Gasteiger partial charge in [0.25, 0.3) is 0 Å². The zero-order valence-electron chi connectivity index (χ0n) is 15.8. The number of aliphatic hydroxyl groups excluding tert-OH is 3. The zero-order chi connectivity index (χ0) is 18.2. The predicted molar refractivity (Wildman–Crippen MR) is 101 cm³/mol. The first-order chi connectivity index (χ1) is 11.5. The molecule has 0 aliphatic rings. The van der Waals surface area contributed by atoms with Gasteiger partial charge in [0.1, 0.15) is 12.1 Å². The Hall–Kier alpha value is -0.910. The molecule has 0 aromatic rings. The summed E-state index contributed by atoms with van der Waals surface area (Å²) in [5.41, 5.74) is 5.45. The molecule has 0 saturated carbocycles.